The molecule has 4 nitrogen and oxygen atoms in total. The third-order valence-electron chi connectivity index (χ3n) is 2.45. The van der Waals surface area contributed by atoms with Gasteiger partial charge in [-0.2, -0.15) is 0 Å². The van der Waals surface area contributed by atoms with E-state index in [9.17, 15) is 4.79 Å². The molecule has 0 aliphatic rings. The molecule has 0 bridgehead atoms. The molecule has 1 aromatic carbocycles. The number of nitrogens with one attached hydrogen (secondary N) is 1. The maximum atomic E-state index is 12.0. The van der Waals surface area contributed by atoms with E-state index in [1.165, 1.54) is 0 Å². The standard InChI is InChI=1S/C13H12BrN3O/c14-11-6-3-5-10(12(11)15)13(18)17-8-9-4-1-2-7-16-9/h1-7H,8,15H2,(H,17,18). The van der Waals surface area contributed by atoms with Crippen LogP contribution in [0.5, 0.6) is 0 Å². The Morgan fingerprint density at radius 2 is 2.11 bits per heavy atom. The smallest absolute Gasteiger partial charge is 0.253 e. The monoisotopic (exact) mass is 305 g/mol. The summed E-state index contributed by atoms with van der Waals surface area (Å²) >= 11 is 3.29. The Bertz CT molecular complexity index is 557. The predicted octanol–water partition coefficient (Wildman–Crippen LogP) is 2.36. The highest BCUT2D eigenvalue weighted by molar-refractivity contribution is 9.10. The summed E-state index contributed by atoms with van der Waals surface area (Å²) in [6.45, 7) is 0.381. The molecule has 5 heteroatoms. The van der Waals surface area contributed by atoms with Crippen molar-refractivity contribution < 1.29 is 4.79 Å². The second kappa shape index (κ2) is 5.64. The van der Waals surface area contributed by atoms with Crippen LogP contribution in [0.1, 0.15) is 16.1 Å². The molecule has 0 spiro atoms. The minimum absolute atomic E-state index is 0.209. The van der Waals surface area contributed by atoms with Crippen molar-refractivity contribution in [1.29, 1.82) is 0 Å². The molecule has 0 fully saturated rings. The summed E-state index contributed by atoms with van der Waals surface area (Å²) in [4.78, 5) is 16.1. The number of pyridine rings is 1. The van der Waals surface area contributed by atoms with Crippen LogP contribution < -0.4 is 11.1 Å². The molecule has 0 saturated carbocycles. The number of nitrogens with zero attached hydrogens (tertiary/aromatic N) is 1. The Morgan fingerprint density at radius 1 is 1.28 bits per heavy atom. The number of carbonyl (C=O) groups is 1. The summed E-state index contributed by atoms with van der Waals surface area (Å²) in [6.07, 6.45) is 1.69. The molecule has 0 unspecified atom stereocenters. The average Bonchev–Trinajstić information content (AvgIpc) is 2.40. The van der Waals surface area contributed by atoms with Gasteiger partial charge in [0.1, 0.15) is 0 Å². The van der Waals surface area contributed by atoms with Gasteiger partial charge < -0.3 is 11.1 Å². The molecular formula is C13H12BrN3O. The fourth-order valence-electron chi connectivity index (χ4n) is 1.50. The SMILES string of the molecule is Nc1c(Br)cccc1C(=O)NCc1ccccn1. The molecule has 3 N–H and O–H groups in total. The number of nitrogens with two attached hydrogens (primary N) is 1. The van der Waals surface area contributed by atoms with Crippen molar-refractivity contribution in [3.63, 3.8) is 0 Å². The minimum atomic E-state index is -0.209. The Kier molecular flexibility index (Phi) is 3.94. The van der Waals surface area contributed by atoms with Crippen LogP contribution in [0.25, 0.3) is 0 Å². The van der Waals surface area contributed by atoms with E-state index in [1.807, 2.05) is 18.2 Å². The average molecular weight is 306 g/mol. The first-order chi connectivity index (χ1) is 8.68. The number of anilines is 1. The molecule has 0 atom stereocenters. The lowest BCUT2D eigenvalue weighted by Crippen LogP contribution is -2.24. The van der Waals surface area contributed by atoms with Gasteiger partial charge in [0, 0.05) is 10.7 Å². The molecule has 18 heavy (non-hydrogen) atoms. The van der Waals surface area contributed by atoms with Crippen LogP contribution in [0.3, 0.4) is 0 Å². The molecule has 1 heterocycles. The van der Waals surface area contributed by atoms with E-state index in [2.05, 4.69) is 26.2 Å². The number of hydrogen-bond donors (Lipinski definition) is 2. The molecule has 1 aromatic heterocycles. The van der Waals surface area contributed by atoms with Crippen molar-refractivity contribution >= 4 is 27.5 Å². The minimum Gasteiger partial charge on any atom is -0.397 e. The predicted molar refractivity (Wildman–Crippen MR) is 74.0 cm³/mol. The largest absolute Gasteiger partial charge is 0.397 e. The van der Waals surface area contributed by atoms with Crippen molar-refractivity contribution in [2.75, 3.05) is 5.73 Å². The summed E-state index contributed by atoms with van der Waals surface area (Å²) in [5, 5.41) is 2.78. The normalized spacial score (nSPS) is 10.1. The van der Waals surface area contributed by atoms with Crippen LogP contribution in [-0.4, -0.2) is 10.9 Å². The molecular weight excluding hydrogens is 294 g/mol. The van der Waals surface area contributed by atoms with Gasteiger partial charge in [-0.3, -0.25) is 9.78 Å². The second-order valence-electron chi connectivity index (χ2n) is 3.70. The molecule has 2 rings (SSSR count). The number of para-hydroxylation sites is 1. The number of halogens is 1. The van der Waals surface area contributed by atoms with Gasteiger partial charge in [-0.15, -0.1) is 0 Å². The first kappa shape index (κ1) is 12.6. The Balaban J connectivity index is 2.07. The topological polar surface area (TPSA) is 68.0 Å². The van der Waals surface area contributed by atoms with Gasteiger partial charge in [0.15, 0.2) is 0 Å². The Labute approximate surface area is 113 Å². The fourth-order valence-corrected chi connectivity index (χ4v) is 1.87. The van der Waals surface area contributed by atoms with Crippen LogP contribution in [-0.2, 0) is 6.54 Å². The lowest BCUT2D eigenvalue weighted by Gasteiger charge is -2.08. The maximum absolute atomic E-state index is 12.0. The number of carbonyl (C=O) groups excluding carboxylic acids is 1. The maximum Gasteiger partial charge on any atom is 0.253 e. The van der Waals surface area contributed by atoms with Gasteiger partial charge >= 0.3 is 0 Å². The summed E-state index contributed by atoms with van der Waals surface area (Å²) in [7, 11) is 0. The van der Waals surface area contributed by atoms with Crippen LogP contribution in [0, 0.1) is 0 Å². The van der Waals surface area contributed by atoms with Gasteiger partial charge in [0.05, 0.1) is 23.5 Å². The third-order valence-corrected chi connectivity index (χ3v) is 3.15. The quantitative estimate of drug-likeness (QED) is 0.855. The first-order valence-corrected chi connectivity index (χ1v) is 6.20. The third kappa shape index (κ3) is 2.87. The second-order valence-corrected chi connectivity index (χ2v) is 4.56. The zero-order valence-corrected chi connectivity index (χ0v) is 11.1. The van der Waals surface area contributed by atoms with E-state index in [4.69, 9.17) is 5.73 Å². The Hall–Kier alpha value is -1.88. The number of rotatable bonds is 3. The lowest BCUT2D eigenvalue weighted by molar-refractivity contribution is 0.0951. The summed E-state index contributed by atoms with van der Waals surface area (Å²) in [6, 6.07) is 10.8. The molecule has 2 aromatic rings. The van der Waals surface area contributed by atoms with Crippen molar-refractivity contribution in [1.82, 2.24) is 10.3 Å². The number of nitrogen functional groups attached to an aromatic ring is 1. The number of amides is 1. The molecule has 0 aliphatic heterocycles. The van der Waals surface area contributed by atoms with Crippen molar-refractivity contribution in [2.24, 2.45) is 0 Å². The van der Waals surface area contributed by atoms with Crippen molar-refractivity contribution in [2.45, 2.75) is 6.54 Å². The molecule has 92 valence electrons. The van der Waals surface area contributed by atoms with E-state index in [0.717, 1.165) is 5.69 Å². The van der Waals surface area contributed by atoms with Gasteiger partial charge in [-0.05, 0) is 40.2 Å². The highest BCUT2D eigenvalue weighted by Gasteiger charge is 2.10. The number of benzene rings is 1. The van der Waals surface area contributed by atoms with Crippen molar-refractivity contribution in [3.8, 4) is 0 Å². The van der Waals surface area contributed by atoms with E-state index in [-0.39, 0.29) is 5.91 Å². The Morgan fingerprint density at radius 3 is 2.83 bits per heavy atom. The van der Waals surface area contributed by atoms with E-state index in [1.54, 1.807) is 24.4 Å². The lowest BCUT2D eigenvalue weighted by atomic mass is 10.1. The highest BCUT2D eigenvalue weighted by atomic mass is 79.9. The molecule has 0 aliphatic carbocycles. The van der Waals surface area contributed by atoms with Gasteiger partial charge in [0.25, 0.3) is 5.91 Å². The van der Waals surface area contributed by atoms with Crippen LogP contribution in [0.4, 0.5) is 5.69 Å². The summed E-state index contributed by atoms with van der Waals surface area (Å²) < 4.78 is 0.716. The number of aromatic nitrogens is 1. The van der Waals surface area contributed by atoms with Gasteiger partial charge in [-0.1, -0.05) is 12.1 Å². The number of hydrogen-bond acceptors (Lipinski definition) is 3. The fraction of sp³-hybridized carbons (Fsp3) is 0.0769. The van der Waals surface area contributed by atoms with Crippen molar-refractivity contribution in [3.05, 3.63) is 58.3 Å². The summed E-state index contributed by atoms with van der Waals surface area (Å²) in [5.74, 6) is -0.209. The molecule has 1 amide bonds. The van der Waals surface area contributed by atoms with Crippen LogP contribution in [0.2, 0.25) is 0 Å². The van der Waals surface area contributed by atoms with E-state index < -0.39 is 0 Å². The van der Waals surface area contributed by atoms with Gasteiger partial charge in [-0.25, -0.2) is 0 Å². The van der Waals surface area contributed by atoms with E-state index >= 15 is 0 Å². The van der Waals surface area contributed by atoms with Gasteiger partial charge in [0.2, 0.25) is 0 Å². The van der Waals surface area contributed by atoms with Crippen LogP contribution >= 0.6 is 15.9 Å². The first-order valence-electron chi connectivity index (χ1n) is 5.40. The summed E-state index contributed by atoms with van der Waals surface area (Å²) in [5.41, 5.74) is 7.53. The highest BCUT2D eigenvalue weighted by Crippen LogP contribution is 2.22. The zero-order chi connectivity index (χ0) is 13.0. The zero-order valence-electron chi connectivity index (χ0n) is 9.56. The molecule has 0 saturated heterocycles. The van der Waals surface area contributed by atoms with Crippen LogP contribution in [0.15, 0.2) is 47.1 Å². The molecule has 0 radical (unpaired) electrons. The van der Waals surface area contributed by atoms with E-state index in [0.29, 0.717) is 22.3 Å².